The Morgan fingerprint density at radius 2 is 2.12 bits per heavy atom. The van der Waals surface area contributed by atoms with Crippen LogP contribution >= 0.6 is 15.9 Å². The van der Waals surface area contributed by atoms with Gasteiger partial charge in [0.2, 0.25) is 0 Å². The number of nitrogens with two attached hydrogens (primary N) is 1. The maximum atomic E-state index is 5.81. The van der Waals surface area contributed by atoms with Crippen molar-refractivity contribution >= 4 is 33.1 Å². The Kier molecular flexibility index (Phi) is 3.64. The van der Waals surface area contributed by atoms with Crippen LogP contribution in [0, 0.1) is 0 Å². The third-order valence-corrected chi connectivity index (χ3v) is 3.05. The number of nitrogens with zero attached hydrogens (tertiary/aromatic N) is 1. The van der Waals surface area contributed by atoms with Gasteiger partial charge in [0.25, 0.3) is 0 Å². The molecule has 0 spiro atoms. The molecule has 1 heterocycles. The lowest BCUT2D eigenvalue weighted by molar-refractivity contribution is 1.14. The molecule has 3 N–H and O–H groups in total. The number of aromatic nitrogens is 1. The summed E-state index contributed by atoms with van der Waals surface area (Å²) in [5.41, 5.74) is 8.95. The summed E-state index contributed by atoms with van der Waals surface area (Å²) in [4.78, 5) is 4.05. The van der Waals surface area contributed by atoms with Gasteiger partial charge in [-0.15, -0.1) is 0 Å². The zero-order valence-corrected chi connectivity index (χ0v) is 11.2. The van der Waals surface area contributed by atoms with Gasteiger partial charge < -0.3 is 11.1 Å². The molecule has 17 heavy (non-hydrogen) atoms. The molecule has 0 amide bonds. The Hall–Kier alpha value is -1.55. The summed E-state index contributed by atoms with van der Waals surface area (Å²) >= 11 is 3.47. The number of pyridine rings is 1. The zero-order valence-electron chi connectivity index (χ0n) is 9.57. The lowest BCUT2D eigenvalue weighted by Gasteiger charge is -2.12. The van der Waals surface area contributed by atoms with E-state index in [1.54, 1.807) is 6.20 Å². The van der Waals surface area contributed by atoms with Crippen molar-refractivity contribution in [1.29, 1.82) is 0 Å². The average Bonchev–Trinajstić information content (AvgIpc) is 2.34. The molecular weight excluding hydrogens is 278 g/mol. The van der Waals surface area contributed by atoms with Crippen LogP contribution in [-0.4, -0.2) is 4.98 Å². The van der Waals surface area contributed by atoms with Gasteiger partial charge in [-0.1, -0.05) is 22.9 Å². The van der Waals surface area contributed by atoms with E-state index in [4.69, 9.17) is 5.73 Å². The Bertz CT molecular complexity index is 526. The molecule has 0 saturated carbocycles. The predicted octanol–water partition coefficient (Wildman–Crippen LogP) is 3.73. The summed E-state index contributed by atoms with van der Waals surface area (Å²) in [6, 6.07) is 9.94. The van der Waals surface area contributed by atoms with Crippen molar-refractivity contribution in [2.45, 2.75) is 13.3 Å². The molecule has 0 atom stereocenters. The Balaban J connectivity index is 2.33. The molecule has 3 nitrogen and oxygen atoms in total. The zero-order chi connectivity index (χ0) is 12.3. The van der Waals surface area contributed by atoms with Crippen LogP contribution in [0.1, 0.15) is 12.5 Å². The summed E-state index contributed by atoms with van der Waals surface area (Å²) in [6.07, 6.45) is 2.64. The monoisotopic (exact) mass is 291 g/mol. The van der Waals surface area contributed by atoms with E-state index in [1.165, 1.54) is 5.56 Å². The van der Waals surface area contributed by atoms with Crippen molar-refractivity contribution in [3.05, 3.63) is 46.6 Å². The van der Waals surface area contributed by atoms with Crippen molar-refractivity contribution in [3.63, 3.8) is 0 Å². The first-order valence-electron chi connectivity index (χ1n) is 5.46. The fourth-order valence-corrected chi connectivity index (χ4v) is 2.05. The van der Waals surface area contributed by atoms with Crippen LogP contribution in [0.2, 0.25) is 0 Å². The SMILES string of the molecule is CCc1cc(Br)ccc1Nc1cccnc1N. The van der Waals surface area contributed by atoms with Gasteiger partial charge in [0, 0.05) is 16.4 Å². The van der Waals surface area contributed by atoms with Gasteiger partial charge in [-0.2, -0.15) is 0 Å². The topological polar surface area (TPSA) is 50.9 Å². The first-order chi connectivity index (χ1) is 8.20. The maximum Gasteiger partial charge on any atom is 0.147 e. The molecule has 0 aliphatic rings. The van der Waals surface area contributed by atoms with Gasteiger partial charge in [-0.3, -0.25) is 0 Å². The minimum Gasteiger partial charge on any atom is -0.382 e. The molecule has 0 unspecified atom stereocenters. The molecule has 0 fully saturated rings. The second-order valence-corrected chi connectivity index (χ2v) is 4.63. The number of halogens is 1. The van der Waals surface area contributed by atoms with E-state index in [-0.39, 0.29) is 0 Å². The highest BCUT2D eigenvalue weighted by Crippen LogP contribution is 2.26. The molecular formula is C13H14BrN3. The first-order valence-corrected chi connectivity index (χ1v) is 6.26. The van der Waals surface area contributed by atoms with Gasteiger partial charge >= 0.3 is 0 Å². The summed E-state index contributed by atoms with van der Waals surface area (Å²) in [5, 5.41) is 3.31. The quantitative estimate of drug-likeness (QED) is 0.906. The Labute approximate surface area is 109 Å². The number of aryl methyl sites for hydroxylation is 1. The normalized spacial score (nSPS) is 10.2. The molecule has 1 aromatic carbocycles. The van der Waals surface area contributed by atoms with Gasteiger partial charge in [0.1, 0.15) is 5.82 Å². The lowest BCUT2D eigenvalue weighted by atomic mass is 10.1. The molecule has 4 heteroatoms. The highest BCUT2D eigenvalue weighted by Gasteiger charge is 2.04. The standard InChI is InChI=1S/C13H14BrN3/c1-2-9-8-10(14)5-6-11(9)17-12-4-3-7-16-13(12)15/h3-8,17H,2H2,1H3,(H2,15,16). The van der Waals surface area contributed by atoms with E-state index in [2.05, 4.69) is 39.2 Å². The van der Waals surface area contributed by atoms with Gasteiger partial charge in [-0.05, 0) is 42.3 Å². The minimum absolute atomic E-state index is 0.512. The molecule has 1 aromatic heterocycles. The van der Waals surface area contributed by atoms with Crippen molar-refractivity contribution in [1.82, 2.24) is 4.98 Å². The summed E-state index contributed by atoms with van der Waals surface area (Å²) < 4.78 is 1.08. The Morgan fingerprint density at radius 1 is 1.29 bits per heavy atom. The van der Waals surface area contributed by atoms with E-state index < -0.39 is 0 Å². The molecule has 0 radical (unpaired) electrons. The number of benzene rings is 1. The molecule has 0 bridgehead atoms. The molecule has 88 valence electrons. The fraction of sp³-hybridized carbons (Fsp3) is 0.154. The smallest absolute Gasteiger partial charge is 0.147 e. The summed E-state index contributed by atoms with van der Waals surface area (Å²) in [6.45, 7) is 2.12. The Morgan fingerprint density at radius 3 is 2.82 bits per heavy atom. The van der Waals surface area contributed by atoms with Crippen LogP contribution in [0.15, 0.2) is 41.0 Å². The summed E-state index contributed by atoms with van der Waals surface area (Å²) in [7, 11) is 0. The average molecular weight is 292 g/mol. The van der Waals surface area contributed by atoms with E-state index >= 15 is 0 Å². The minimum atomic E-state index is 0.512. The molecule has 0 aliphatic heterocycles. The van der Waals surface area contributed by atoms with Crippen LogP contribution in [0.25, 0.3) is 0 Å². The van der Waals surface area contributed by atoms with Crippen LogP contribution in [-0.2, 0) is 6.42 Å². The fourth-order valence-electron chi connectivity index (χ4n) is 1.65. The van der Waals surface area contributed by atoms with Crippen LogP contribution < -0.4 is 11.1 Å². The van der Waals surface area contributed by atoms with Crippen LogP contribution in [0.4, 0.5) is 17.2 Å². The largest absolute Gasteiger partial charge is 0.382 e. The third kappa shape index (κ3) is 2.77. The third-order valence-electron chi connectivity index (χ3n) is 2.56. The molecule has 2 aromatic rings. The van der Waals surface area contributed by atoms with Gasteiger partial charge in [0.05, 0.1) is 5.69 Å². The highest BCUT2D eigenvalue weighted by molar-refractivity contribution is 9.10. The maximum absolute atomic E-state index is 5.81. The first kappa shape index (κ1) is 11.9. The number of anilines is 3. The number of nitrogen functional groups attached to an aromatic ring is 1. The van der Waals surface area contributed by atoms with Crippen molar-refractivity contribution < 1.29 is 0 Å². The number of nitrogens with one attached hydrogen (secondary N) is 1. The van der Waals surface area contributed by atoms with Crippen LogP contribution in [0.5, 0.6) is 0 Å². The highest BCUT2D eigenvalue weighted by atomic mass is 79.9. The molecule has 2 rings (SSSR count). The predicted molar refractivity (Wildman–Crippen MR) is 75.5 cm³/mol. The second-order valence-electron chi connectivity index (χ2n) is 3.72. The van der Waals surface area contributed by atoms with E-state index in [0.717, 1.165) is 22.3 Å². The number of hydrogen-bond donors (Lipinski definition) is 2. The van der Waals surface area contributed by atoms with Crippen LogP contribution in [0.3, 0.4) is 0 Å². The second kappa shape index (κ2) is 5.19. The van der Waals surface area contributed by atoms with Gasteiger partial charge in [-0.25, -0.2) is 4.98 Å². The lowest BCUT2D eigenvalue weighted by Crippen LogP contribution is -2.00. The molecule has 0 aliphatic carbocycles. The van der Waals surface area contributed by atoms with E-state index in [9.17, 15) is 0 Å². The summed E-state index contributed by atoms with van der Waals surface area (Å²) in [5.74, 6) is 0.512. The van der Waals surface area contributed by atoms with Gasteiger partial charge in [0.15, 0.2) is 0 Å². The number of hydrogen-bond acceptors (Lipinski definition) is 3. The molecule has 0 saturated heterocycles. The van der Waals surface area contributed by atoms with E-state index in [0.29, 0.717) is 5.82 Å². The van der Waals surface area contributed by atoms with Crippen molar-refractivity contribution in [2.24, 2.45) is 0 Å². The van der Waals surface area contributed by atoms with Crippen molar-refractivity contribution in [2.75, 3.05) is 11.1 Å². The number of rotatable bonds is 3. The van der Waals surface area contributed by atoms with Crippen molar-refractivity contribution in [3.8, 4) is 0 Å². The van der Waals surface area contributed by atoms with E-state index in [1.807, 2.05) is 24.3 Å².